The molecule has 40 heavy (non-hydrogen) atoms. The molecule has 0 bridgehead atoms. The third-order valence-electron chi connectivity index (χ3n) is 7.50. The number of aliphatic carboxylic acids is 1. The van der Waals surface area contributed by atoms with Crippen LogP contribution in [0.2, 0.25) is 0 Å². The van der Waals surface area contributed by atoms with Gasteiger partial charge in [0.15, 0.2) is 11.6 Å². The van der Waals surface area contributed by atoms with Crippen molar-refractivity contribution in [2.45, 2.75) is 69.5 Å². The van der Waals surface area contributed by atoms with E-state index in [1.54, 1.807) is 61.5 Å². The van der Waals surface area contributed by atoms with E-state index in [-0.39, 0.29) is 45.1 Å². The first-order valence-electron chi connectivity index (χ1n) is 13.4. The smallest absolute Gasteiger partial charge is 0.327 e. The minimum absolute atomic E-state index is 0.000341. The maximum atomic E-state index is 14.6. The lowest BCUT2D eigenvalue weighted by molar-refractivity contribution is -0.163. The van der Waals surface area contributed by atoms with Gasteiger partial charge in [-0.1, -0.05) is 60.7 Å². The number of hydrogen-bond acceptors (Lipinski definition) is 8. The first-order chi connectivity index (χ1) is 19.0. The summed E-state index contributed by atoms with van der Waals surface area (Å²) in [6, 6.07) is 15.4. The van der Waals surface area contributed by atoms with Crippen molar-refractivity contribution in [1.29, 1.82) is 0 Å². The molecule has 2 aromatic carbocycles. The number of carboxylic acid groups (broad SMARTS) is 1. The Balaban J connectivity index is 2.07. The van der Waals surface area contributed by atoms with Gasteiger partial charge in [0.05, 0.1) is 25.1 Å². The molecule has 1 aliphatic carbocycles. The van der Waals surface area contributed by atoms with Crippen molar-refractivity contribution in [3.05, 3.63) is 71.8 Å². The van der Waals surface area contributed by atoms with Gasteiger partial charge < -0.3 is 26.6 Å². The zero-order valence-corrected chi connectivity index (χ0v) is 22.6. The van der Waals surface area contributed by atoms with Crippen molar-refractivity contribution in [3.8, 4) is 0 Å². The number of carbonyl (C=O) groups is 5. The van der Waals surface area contributed by atoms with Gasteiger partial charge in [0.25, 0.3) is 0 Å². The second kappa shape index (κ2) is 13.5. The van der Waals surface area contributed by atoms with Crippen LogP contribution >= 0.6 is 0 Å². The standard InChI is InChI=1S/C30H37N3O7/c1-2-40-28(39)30(32)17-9-16-29(30,26(37)22(31)18-20-10-5-3-6-11-20)27(38)23(19-21-12-7-4-8-13-21)33-24(34)14-15-25(35)36/h3-8,10-13,22-23H,2,9,14-19,31-32H2,1H3,(H,33,34)(H,35,36). The highest BCUT2D eigenvalue weighted by molar-refractivity contribution is 6.17. The van der Waals surface area contributed by atoms with Crippen LogP contribution in [0.4, 0.5) is 0 Å². The molecule has 4 unspecified atom stereocenters. The molecule has 1 amide bonds. The van der Waals surface area contributed by atoms with Gasteiger partial charge >= 0.3 is 11.9 Å². The lowest BCUT2D eigenvalue weighted by Gasteiger charge is -2.42. The Hall–Kier alpha value is -3.89. The van der Waals surface area contributed by atoms with Gasteiger partial charge in [-0.15, -0.1) is 0 Å². The summed E-state index contributed by atoms with van der Waals surface area (Å²) in [6.07, 6.45) is -0.426. The van der Waals surface area contributed by atoms with Crippen LogP contribution in [0, 0.1) is 5.41 Å². The lowest BCUT2D eigenvalue weighted by atomic mass is 9.62. The van der Waals surface area contributed by atoms with Gasteiger partial charge in [-0.25, -0.2) is 0 Å². The minimum atomic E-state index is -2.06. The Bertz CT molecular complexity index is 1220. The van der Waals surface area contributed by atoms with Crippen LogP contribution in [0.25, 0.3) is 0 Å². The topological polar surface area (TPSA) is 179 Å². The second-order valence-corrected chi connectivity index (χ2v) is 10.2. The maximum Gasteiger partial charge on any atom is 0.327 e. The summed E-state index contributed by atoms with van der Waals surface area (Å²) in [5.41, 5.74) is 10.5. The molecule has 0 heterocycles. The summed E-state index contributed by atoms with van der Waals surface area (Å²) in [7, 11) is 0. The minimum Gasteiger partial charge on any atom is -0.481 e. The van der Waals surface area contributed by atoms with E-state index < -0.39 is 58.9 Å². The van der Waals surface area contributed by atoms with Crippen molar-refractivity contribution in [2.75, 3.05) is 6.61 Å². The van der Waals surface area contributed by atoms with Crippen molar-refractivity contribution >= 4 is 29.4 Å². The number of carbonyl (C=O) groups excluding carboxylic acids is 4. The molecule has 1 fully saturated rings. The number of hydrogen-bond donors (Lipinski definition) is 4. The molecule has 2 aromatic rings. The largest absolute Gasteiger partial charge is 0.481 e. The normalized spacial score (nSPS) is 21.7. The molecule has 10 nitrogen and oxygen atoms in total. The van der Waals surface area contributed by atoms with E-state index in [9.17, 15) is 24.0 Å². The van der Waals surface area contributed by atoms with Crippen LogP contribution < -0.4 is 16.8 Å². The summed E-state index contributed by atoms with van der Waals surface area (Å²) in [6.45, 7) is 1.59. The van der Waals surface area contributed by atoms with E-state index in [0.717, 1.165) is 5.56 Å². The molecule has 214 valence electrons. The van der Waals surface area contributed by atoms with Crippen LogP contribution in [0.1, 0.15) is 50.2 Å². The molecule has 10 heteroatoms. The van der Waals surface area contributed by atoms with Crippen LogP contribution in [-0.4, -0.2) is 58.7 Å². The van der Waals surface area contributed by atoms with Gasteiger partial charge in [-0.2, -0.15) is 0 Å². The van der Waals surface area contributed by atoms with Gasteiger partial charge in [-0.05, 0) is 50.2 Å². The zero-order chi connectivity index (χ0) is 29.3. The number of carboxylic acids is 1. The predicted molar refractivity (Wildman–Crippen MR) is 147 cm³/mol. The van der Waals surface area contributed by atoms with E-state index >= 15 is 0 Å². The van der Waals surface area contributed by atoms with Crippen LogP contribution in [0.5, 0.6) is 0 Å². The lowest BCUT2D eigenvalue weighted by Crippen LogP contribution is -2.70. The summed E-state index contributed by atoms with van der Waals surface area (Å²) < 4.78 is 5.26. The average Bonchev–Trinajstić information content (AvgIpc) is 3.30. The number of Topliss-reactive ketones (excluding diaryl/α,β-unsaturated/α-hetero) is 2. The Kier molecular flexibility index (Phi) is 10.3. The molecule has 3 rings (SSSR count). The number of rotatable bonds is 14. The third-order valence-corrected chi connectivity index (χ3v) is 7.50. The van der Waals surface area contributed by atoms with E-state index in [1.807, 2.05) is 6.07 Å². The van der Waals surface area contributed by atoms with Crippen molar-refractivity contribution in [3.63, 3.8) is 0 Å². The second-order valence-electron chi connectivity index (χ2n) is 10.2. The molecular formula is C30H37N3O7. The number of nitrogens with two attached hydrogens (primary N) is 2. The molecule has 0 radical (unpaired) electrons. The summed E-state index contributed by atoms with van der Waals surface area (Å²) in [4.78, 5) is 65.9. The predicted octanol–water partition coefficient (Wildman–Crippen LogP) is 1.72. The highest BCUT2D eigenvalue weighted by Crippen LogP contribution is 2.49. The molecule has 0 aliphatic heterocycles. The SMILES string of the molecule is CCOC(=O)C1(N)CCCC1(C(=O)C(N)Cc1ccccc1)C(=O)C(Cc1ccccc1)NC(=O)CCC(=O)O. The van der Waals surface area contributed by atoms with E-state index in [4.69, 9.17) is 21.3 Å². The number of nitrogens with one attached hydrogen (secondary N) is 1. The molecule has 0 saturated heterocycles. The average molecular weight is 552 g/mol. The Morgan fingerprint density at radius 2 is 1.48 bits per heavy atom. The quantitative estimate of drug-likeness (QED) is 0.201. The monoisotopic (exact) mass is 551 g/mol. The third kappa shape index (κ3) is 6.63. The molecular weight excluding hydrogens is 514 g/mol. The molecule has 4 atom stereocenters. The molecule has 1 aliphatic rings. The van der Waals surface area contributed by atoms with E-state index in [1.165, 1.54) is 0 Å². The number of esters is 1. The fraction of sp³-hybridized carbons (Fsp3) is 0.433. The van der Waals surface area contributed by atoms with Gasteiger partial charge in [-0.3, -0.25) is 24.0 Å². The van der Waals surface area contributed by atoms with Crippen LogP contribution in [-0.2, 0) is 41.6 Å². The van der Waals surface area contributed by atoms with Crippen LogP contribution in [0.3, 0.4) is 0 Å². The van der Waals surface area contributed by atoms with Gasteiger partial charge in [0.2, 0.25) is 5.91 Å². The van der Waals surface area contributed by atoms with Gasteiger partial charge in [0.1, 0.15) is 11.0 Å². The van der Waals surface area contributed by atoms with Gasteiger partial charge in [0, 0.05) is 6.42 Å². The summed E-state index contributed by atoms with van der Waals surface area (Å²) >= 11 is 0. The highest BCUT2D eigenvalue weighted by Gasteiger charge is 2.67. The molecule has 0 spiro atoms. The summed E-state index contributed by atoms with van der Waals surface area (Å²) in [5, 5.41) is 11.6. The fourth-order valence-electron chi connectivity index (χ4n) is 5.53. The molecule has 1 saturated carbocycles. The number of ketones is 2. The van der Waals surface area contributed by atoms with Crippen molar-refractivity contribution in [1.82, 2.24) is 5.32 Å². The first-order valence-corrected chi connectivity index (χ1v) is 13.4. The number of amides is 1. The van der Waals surface area contributed by atoms with E-state index in [2.05, 4.69) is 5.32 Å². The Labute approximate surface area is 233 Å². The Morgan fingerprint density at radius 1 is 0.900 bits per heavy atom. The number of ether oxygens (including phenoxy) is 1. The molecule has 6 N–H and O–H groups in total. The van der Waals surface area contributed by atoms with Crippen molar-refractivity contribution in [2.24, 2.45) is 16.9 Å². The fourth-order valence-corrected chi connectivity index (χ4v) is 5.53. The zero-order valence-electron chi connectivity index (χ0n) is 22.6. The first kappa shape index (κ1) is 30.6. The highest BCUT2D eigenvalue weighted by atomic mass is 16.5. The van der Waals surface area contributed by atoms with Crippen LogP contribution in [0.15, 0.2) is 60.7 Å². The molecule has 0 aromatic heterocycles. The van der Waals surface area contributed by atoms with E-state index in [0.29, 0.717) is 5.56 Å². The maximum absolute atomic E-state index is 14.6. The number of benzene rings is 2. The summed E-state index contributed by atoms with van der Waals surface area (Å²) in [5.74, 6) is -4.14. The Morgan fingerprint density at radius 3 is 2.02 bits per heavy atom. The van der Waals surface area contributed by atoms with Crippen molar-refractivity contribution < 1.29 is 33.8 Å².